The number of aryl methyl sites for hydroxylation is 2. The van der Waals surface area contributed by atoms with Gasteiger partial charge in [0, 0.05) is 6.54 Å². The molecular formula is C15H24N2O3S. The van der Waals surface area contributed by atoms with Crippen LogP contribution in [0.25, 0.3) is 0 Å². The van der Waals surface area contributed by atoms with Crippen LogP contribution in [0, 0.1) is 19.8 Å². The number of benzene rings is 1. The third-order valence-corrected chi connectivity index (χ3v) is 5.91. The molecule has 0 amide bonds. The predicted molar refractivity (Wildman–Crippen MR) is 83.5 cm³/mol. The highest BCUT2D eigenvalue weighted by Gasteiger charge is 2.27. The Morgan fingerprint density at radius 2 is 1.86 bits per heavy atom. The molecule has 1 aliphatic carbocycles. The minimum atomic E-state index is -3.65. The lowest BCUT2D eigenvalue weighted by Crippen LogP contribution is -2.37. The average Bonchev–Trinajstić information content (AvgIpc) is 2.42. The quantitative estimate of drug-likeness (QED) is 0.738. The van der Waals surface area contributed by atoms with E-state index in [1.807, 2.05) is 6.07 Å². The Kier molecular flexibility index (Phi) is 4.91. The van der Waals surface area contributed by atoms with E-state index in [0.29, 0.717) is 11.3 Å². The zero-order valence-electron chi connectivity index (χ0n) is 12.6. The Morgan fingerprint density at radius 1 is 1.24 bits per heavy atom. The van der Waals surface area contributed by atoms with Crippen molar-refractivity contribution in [1.29, 1.82) is 0 Å². The maximum Gasteiger partial charge on any atom is 0.242 e. The summed E-state index contributed by atoms with van der Waals surface area (Å²) in [7, 11) is -3.65. The second-order valence-corrected chi connectivity index (χ2v) is 7.61. The van der Waals surface area contributed by atoms with E-state index in [2.05, 4.69) is 4.72 Å². The van der Waals surface area contributed by atoms with Crippen LogP contribution in [0.3, 0.4) is 0 Å². The van der Waals surface area contributed by atoms with Crippen LogP contribution in [0.5, 0.6) is 0 Å². The van der Waals surface area contributed by atoms with E-state index in [4.69, 9.17) is 5.73 Å². The molecule has 2 unspecified atom stereocenters. The van der Waals surface area contributed by atoms with E-state index in [9.17, 15) is 13.5 Å². The number of aliphatic hydroxyl groups is 1. The van der Waals surface area contributed by atoms with Crippen LogP contribution in [0.1, 0.15) is 36.8 Å². The second-order valence-electron chi connectivity index (χ2n) is 5.91. The summed E-state index contributed by atoms with van der Waals surface area (Å²) in [4.78, 5) is 0.160. The third-order valence-electron chi connectivity index (χ3n) is 4.28. The molecular weight excluding hydrogens is 288 g/mol. The van der Waals surface area contributed by atoms with Gasteiger partial charge in [0.2, 0.25) is 10.0 Å². The minimum Gasteiger partial charge on any atom is -0.397 e. The first-order valence-corrected chi connectivity index (χ1v) is 8.84. The van der Waals surface area contributed by atoms with Crippen LogP contribution in [0.15, 0.2) is 17.0 Å². The van der Waals surface area contributed by atoms with Gasteiger partial charge in [-0.3, -0.25) is 0 Å². The normalized spacial score (nSPS) is 23.2. The Hall–Kier alpha value is -1.11. The second kappa shape index (κ2) is 6.34. The lowest BCUT2D eigenvalue weighted by atomic mass is 9.87. The maximum atomic E-state index is 12.5. The molecule has 0 aliphatic heterocycles. The van der Waals surface area contributed by atoms with Crippen molar-refractivity contribution in [2.45, 2.75) is 50.5 Å². The van der Waals surface area contributed by atoms with Crippen molar-refractivity contribution in [3.8, 4) is 0 Å². The van der Waals surface area contributed by atoms with Gasteiger partial charge in [-0.05, 0) is 43.7 Å². The highest BCUT2D eigenvalue weighted by molar-refractivity contribution is 7.89. The van der Waals surface area contributed by atoms with Crippen LogP contribution < -0.4 is 10.5 Å². The standard InChI is InChI=1S/C15H24N2O3S/c1-10-7-8-11(2)15(14(10)16)21(19,20)17-9-12-5-3-4-6-13(12)18/h7-8,12-13,17-18H,3-6,9,16H2,1-2H3. The summed E-state index contributed by atoms with van der Waals surface area (Å²) in [6.45, 7) is 3.79. The van der Waals surface area contributed by atoms with Crippen LogP contribution >= 0.6 is 0 Å². The highest BCUT2D eigenvalue weighted by atomic mass is 32.2. The molecule has 1 aliphatic rings. The van der Waals surface area contributed by atoms with E-state index in [1.54, 1.807) is 19.9 Å². The molecule has 4 N–H and O–H groups in total. The van der Waals surface area contributed by atoms with Crippen molar-refractivity contribution < 1.29 is 13.5 Å². The highest BCUT2D eigenvalue weighted by Crippen LogP contribution is 2.27. The first-order chi connectivity index (χ1) is 9.83. The summed E-state index contributed by atoms with van der Waals surface area (Å²) in [5, 5.41) is 9.93. The predicted octanol–water partition coefficient (Wildman–Crippen LogP) is 1.72. The summed E-state index contributed by atoms with van der Waals surface area (Å²) in [5.41, 5.74) is 7.62. The van der Waals surface area contributed by atoms with Gasteiger partial charge in [0.15, 0.2) is 0 Å². The molecule has 5 nitrogen and oxygen atoms in total. The molecule has 1 aromatic rings. The molecule has 0 aromatic heterocycles. The number of anilines is 1. The topological polar surface area (TPSA) is 92.4 Å². The molecule has 2 rings (SSSR count). The number of sulfonamides is 1. The Labute approximate surface area is 126 Å². The van der Waals surface area contributed by atoms with Gasteiger partial charge >= 0.3 is 0 Å². The van der Waals surface area contributed by atoms with Gasteiger partial charge in [-0.15, -0.1) is 0 Å². The minimum absolute atomic E-state index is 0.0140. The van der Waals surface area contributed by atoms with E-state index in [-0.39, 0.29) is 17.4 Å². The summed E-state index contributed by atoms with van der Waals surface area (Å²) in [6.07, 6.45) is 3.23. The van der Waals surface area contributed by atoms with Crippen molar-refractivity contribution in [3.05, 3.63) is 23.3 Å². The van der Waals surface area contributed by atoms with Gasteiger partial charge in [-0.25, -0.2) is 13.1 Å². The van der Waals surface area contributed by atoms with Crippen LogP contribution in [-0.2, 0) is 10.0 Å². The smallest absolute Gasteiger partial charge is 0.242 e. The fraction of sp³-hybridized carbons (Fsp3) is 0.600. The third kappa shape index (κ3) is 3.56. The number of nitrogen functional groups attached to an aromatic ring is 1. The lowest BCUT2D eigenvalue weighted by molar-refractivity contribution is 0.0724. The molecule has 0 heterocycles. The first-order valence-electron chi connectivity index (χ1n) is 7.36. The fourth-order valence-electron chi connectivity index (χ4n) is 2.88. The molecule has 0 spiro atoms. The zero-order chi connectivity index (χ0) is 15.6. The van der Waals surface area contributed by atoms with E-state index in [0.717, 1.165) is 31.2 Å². The number of nitrogens with two attached hydrogens (primary N) is 1. The molecule has 0 bridgehead atoms. The number of nitrogens with one attached hydrogen (secondary N) is 1. The van der Waals surface area contributed by atoms with E-state index in [1.165, 1.54) is 0 Å². The molecule has 1 aromatic carbocycles. The van der Waals surface area contributed by atoms with Gasteiger partial charge in [-0.2, -0.15) is 0 Å². The van der Waals surface area contributed by atoms with Gasteiger partial charge in [0.1, 0.15) is 4.90 Å². The van der Waals surface area contributed by atoms with E-state index >= 15 is 0 Å². The number of hydrogen-bond donors (Lipinski definition) is 3. The van der Waals surface area contributed by atoms with Crippen molar-refractivity contribution >= 4 is 15.7 Å². The van der Waals surface area contributed by atoms with Crippen LogP contribution in [0.2, 0.25) is 0 Å². The average molecular weight is 312 g/mol. The summed E-state index contributed by atoms with van der Waals surface area (Å²) in [5.74, 6) is -0.0140. The largest absolute Gasteiger partial charge is 0.397 e. The van der Waals surface area contributed by atoms with Crippen molar-refractivity contribution in [1.82, 2.24) is 4.72 Å². The Morgan fingerprint density at radius 3 is 2.52 bits per heavy atom. The van der Waals surface area contributed by atoms with Gasteiger partial charge < -0.3 is 10.8 Å². The molecule has 0 saturated heterocycles. The van der Waals surface area contributed by atoms with Crippen LogP contribution in [-0.4, -0.2) is 26.2 Å². The monoisotopic (exact) mass is 312 g/mol. The van der Waals surface area contributed by atoms with Crippen LogP contribution in [0.4, 0.5) is 5.69 Å². The summed E-state index contributed by atoms with van der Waals surface area (Å²) in [6, 6.07) is 3.57. The summed E-state index contributed by atoms with van der Waals surface area (Å²) >= 11 is 0. The fourth-order valence-corrected chi connectivity index (χ4v) is 4.40. The van der Waals surface area contributed by atoms with Crippen molar-refractivity contribution in [2.75, 3.05) is 12.3 Å². The van der Waals surface area contributed by atoms with Crippen molar-refractivity contribution in [2.24, 2.45) is 5.92 Å². The van der Waals surface area contributed by atoms with Gasteiger partial charge in [-0.1, -0.05) is 25.0 Å². The summed E-state index contributed by atoms with van der Waals surface area (Å²) < 4.78 is 27.6. The lowest BCUT2D eigenvalue weighted by Gasteiger charge is -2.27. The molecule has 0 radical (unpaired) electrons. The zero-order valence-corrected chi connectivity index (χ0v) is 13.4. The SMILES string of the molecule is Cc1ccc(C)c(S(=O)(=O)NCC2CCCCC2O)c1N. The van der Waals surface area contributed by atoms with Gasteiger partial charge in [0.05, 0.1) is 11.8 Å². The number of aliphatic hydroxyl groups excluding tert-OH is 1. The number of rotatable bonds is 4. The van der Waals surface area contributed by atoms with Crippen molar-refractivity contribution in [3.63, 3.8) is 0 Å². The molecule has 1 saturated carbocycles. The molecule has 118 valence electrons. The Balaban J connectivity index is 2.17. The molecule has 21 heavy (non-hydrogen) atoms. The van der Waals surface area contributed by atoms with E-state index < -0.39 is 16.1 Å². The maximum absolute atomic E-state index is 12.5. The molecule has 1 fully saturated rings. The molecule has 6 heteroatoms. The number of hydrogen-bond acceptors (Lipinski definition) is 4. The molecule has 2 atom stereocenters. The first kappa shape index (κ1) is 16.3. The Bertz CT molecular complexity index is 614. The van der Waals surface area contributed by atoms with Gasteiger partial charge in [0.25, 0.3) is 0 Å².